The van der Waals surface area contributed by atoms with Gasteiger partial charge in [0.05, 0.1) is 34.4 Å². The van der Waals surface area contributed by atoms with Crippen LogP contribution in [0, 0.1) is 0 Å². The minimum atomic E-state index is -0.431. The molecular formula is C11H9ClN2O2. The zero-order valence-electron chi connectivity index (χ0n) is 8.30. The third kappa shape index (κ3) is 1.34. The molecule has 16 heavy (non-hydrogen) atoms. The van der Waals surface area contributed by atoms with E-state index in [9.17, 15) is 9.90 Å². The van der Waals surface area contributed by atoms with Gasteiger partial charge in [-0.2, -0.15) is 0 Å². The summed E-state index contributed by atoms with van der Waals surface area (Å²) in [6.45, 7) is 0. The molecule has 1 aliphatic rings. The van der Waals surface area contributed by atoms with E-state index in [2.05, 4.69) is 4.98 Å². The number of hydrogen-bond donors (Lipinski definition) is 1. The van der Waals surface area contributed by atoms with E-state index < -0.39 is 6.10 Å². The van der Waals surface area contributed by atoms with Gasteiger partial charge in [-0.1, -0.05) is 17.7 Å². The Kier molecular flexibility index (Phi) is 2.02. The van der Waals surface area contributed by atoms with Crippen LogP contribution in [-0.2, 0) is 0 Å². The first-order chi connectivity index (χ1) is 7.68. The molecule has 1 fully saturated rings. The van der Waals surface area contributed by atoms with Crippen molar-refractivity contribution in [3.8, 4) is 0 Å². The Bertz CT molecular complexity index is 623. The van der Waals surface area contributed by atoms with Gasteiger partial charge in [-0.3, -0.25) is 9.36 Å². The van der Waals surface area contributed by atoms with Gasteiger partial charge in [-0.25, -0.2) is 4.98 Å². The number of nitrogens with zero attached hydrogens (tertiary/aromatic N) is 2. The Balaban J connectivity index is 2.31. The Labute approximate surface area is 96.1 Å². The Morgan fingerprint density at radius 2 is 2.25 bits per heavy atom. The lowest BCUT2D eigenvalue weighted by molar-refractivity contribution is 0.258. The maximum absolute atomic E-state index is 12.1. The maximum Gasteiger partial charge on any atom is 0.263 e. The van der Waals surface area contributed by atoms with Crippen molar-refractivity contribution in [3.05, 3.63) is 39.9 Å². The minimum absolute atomic E-state index is 0.138. The van der Waals surface area contributed by atoms with Crippen LogP contribution in [0.4, 0.5) is 0 Å². The van der Waals surface area contributed by atoms with Gasteiger partial charge in [0, 0.05) is 0 Å². The molecule has 5 heteroatoms. The van der Waals surface area contributed by atoms with Crippen molar-refractivity contribution < 1.29 is 5.11 Å². The van der Waals surface area contributed by atoms with E-state index in [0.717, 1.165) is 0 Å². The second-order valence-corrected chi connectivity index (χ2v) is 4.37. The van der Waals surface area contributed by atoms with Crippen LogP contribution >= 0.6 is 11.6 Å². The molecule has 1 heterocycles. The van der Waals surface area contributed by atoms with Crippen LogP contribution in [0.3, 0.4) is 0 Å². The molecule has 1 saturated carbocycles. The summed E-state index contributed by atoms with van der Waals surface area (Å²) in [5, 5.41) is 10.1. The Hall–Kier alpha value is -1.39. The van der Waals surface area contributed by atoms with Gasteiger partial charge in [0.25, 0.3) is 5.56 Å². The summed E-state index contributed by atoms with van der Waals surface area (Å²) < 4.78 is 1.46. The first-order valence-corrected chi connectivity index (χ1v) is 5.39. The minimum Gasteiger partial charge on any atom is -0.391 e. The van der Waals surface area contributed by atoms with E-state index in [1.807, 2.05) is 0 Å². The molecular weight excluding hydrogens is 228 g/mol. The number of halogens is 1. The van der Waals surface area contributed by atoms with Crippen LogP contribution in [0.5, 0.6) is 0 Å². The number of aliphatic hydroxyl groups excluding tert-OH is 1. The van der Waals surface area contributed by atoms with Crippen molar-refractivity contribution in [2.75, 3.05) is 0 Å². The molecule has 4 nitrogen and oxygen atoms in total. The molecule has 0 aliphatic heterocycles. The summed E-state index contributed by atoms with van der Waals surface area (Å²) in [5.41, 5.74) is 0.404. The van der Waals surface area contributed by atoms with E-state index in [4.69, 9.17) is 11.6 Å². The van der Waals surface area contributed by atoms with Gasteiger partial charge in [0.2, 0.25) is 0 Å². The van der Waals surface area contributed by atoms with Crippen molar-refractivity contribution >= 4 is 22.5 Å². The van der Waals surface area contributed by atoms with Crippen molar-refractivity contribution in [2.45, 2.75) is 18.6 Å². The third-order valence-electron chi connectivity index (χ3n) is 2.84. The molecule has 0 saturated heterocycles. The highest BCUT2D eigenvalue weighted by Gasteiger charge is 2.38. The van der Waals surface area contributed by atoms with Gasteiger partial charge in [0.15, 0.2) is 0 Å². The molecule has 3 rings (SSSR count). The predicted molar refractivity (Wildman–Crippen MR) is 60.7 cm³/mol. The number of aliphatic hydroxyl groups is 1. The highest BCUT2D eigenvalue weighted by atomic mass is 35.5. The summed E-state index contributed by atoms with van der Waals surface area (Å²) >= 11 is 5.98. The van der Waals surface area contributed by atoms with Crippen molar-refractivity contribution in [1.82, 2.24) is 9.55 Å². The molecule has 0 bridgehead atoms. The largest absolute Gasteiger partial charge is 0.391 e. The molecule has 0 radical (unpaired) electrons. The molecule has 1 aliphatic carbocycles. The second-order valence-electron chi connectivity index (χ2n) is 3.96. The average molecular weight is 237 g/mol. The first-order valence-electron chi connectivity index (χ1n) is 5.02. The highest BCUT2D eigenvalue weighted by molar-refractivity contribution is 6.35. The smallest absolute Gasteiger partial charge is 0.263 e. The van der Waals surface area contributed by atoms with Crippen LogP contribution in [-0.4, -0.2) is 20.8 Å². The SMILES string of the molecule is O=c1c2c(Cl)cccc2ncn1C1CC1O. The number of rotatable bonds is 1. The molecule has 1 aromatic carbocycles. The van der Waals surface area contributed by atoms with Gasteiger partial charge in [0.1, 0.15) is 0 Å². The molecule has 1 N–H and O–H groups in total. The molecule has 0 spiro atoms. The van der Waals surface area contributed by atoms with E-state index in [-0.39, 0.29) is 11.6 Å². The number of benzene rings is 1. The average Bonchev–Trinajstić information content (AvgIpc) is 2.96. The zero-order valence-corrected chi connectivity index (χ0v) is 9.05. The normalized spacial score (nSPS) is 23.6. The van der Waals surface area contributed by atoms with Crippen molar-refractivity contribution in [1.29, 1.82) is 0 Å². The van der Waals surface area contributed by atoms with Gasteiger partial charge in [-0.05, 0) is 18.6 Å². The first kappa shape index (κ1) is 9.81. The zero-order chi connectivity index (χ0) is 11.3. The van der Waals surface area contributed by atoms with Crippen LogP contribution < -0.4 is 5.56 Å². The quantitative estimate of drug-likeness (QED) is 0.813. The van der Waals surface area contributed by atoms with Crippen molar-refractivity contribution in [3.63, 3.8) is 0 Å². The highest BCUT2D eigenvalue weighted by Crippen LogP contribution is 2.34. The number of hydrogen-bond acceptors (Lipinski definition) is 3. The van der Waals surface area contributed by atoms with Crippen LogP contribution in [0.15, 0.2) is 29.3 Å². The lowest BCUT2D eigenvalue weighted by Crippen LogP contribution is -2.21. The lowest BCUT2D eigenvalue weighted by atomic mass is 10.2. The maximum atomic E-state index is 12.1. The molecule has 82 valence electrons. The lowest BCUT2D eigenvalue weighted by Gasteiger charge is -2.05. The number of fused-ring (bicyclic) bond motifs is 1. The van der Waals surface area contributed by atoms with E-state index >= 15 is 0 Å². The molecule has 2 aromatic rings. The Morgan fingerprint density at radius 3 is 2.94 bits per heavy atom. The van der Waals surface area contributed by atoms with Crippen molar-refractivity contribution in [2.24, 2.45) is 0 Å². The van der Waals surface area contributed by atoms with Crippen LogP contribution in [0.2, 0.25) is 5.02 Å². The van der Waals surface area contributed by atoms with Crippen LogP contribution in [0.25, 0.3) is 10.9 Å². The van der Waals surface area contributed by atoms with Gasteiger partial charge >= 0.3 is 0 Å². The topological polar surface area (TPSA) is 55.1 Å². The predicted octanol–water partition coefficient (Wildman–Crippen LogP) is 1.36. The fourth-order valence-corrected chi connectivity index (χ4v) is 2.09. The van der Waals surface area contributed by atoms with E-state index in [1.165, 1.54) is 10.9 Å². The second kappa shape index (κ2) is 3.30. The standard InChI is InChI=1S/C11H9ClN2O2/c12-6-2-1-3-7-10(6)11(16)14(5-13-7)8-4-9(8)15/h1-3,5,8-9,15H,4H2. The summed E-state index contributed by atoms with van der Waals surface area (Å²) in [5.74, 6) is 0. The number of aromatic nitrogens is 2. The summed E-state index contributed by atoms with van der Waals surface area (Å²) in [4.78, 5) is 16.3. The molecule has 2 atom stereocenters. The fraction of sp³-hybridized carbons (Fsp3) is 0.273. The third-order valence-corrected chi connectivity index (χ3v) is 3.16. The molecule has 1 aromatic heterocycles. The Morgan fingerprint density at radius 1 is 1.50 bits per heavy atom. The summed E-state index contributed by atoms with van der Waals surface area (Å²) in [6, 6.07) is 5.03. The molecule has 0 amide bonds. The van der Waals surface area contributed by atoms with Gasteiger partial charge < -0.3 is 5.11 Å². The van der Waals surface area contributed by atoms with Gasteiger partial charge in [-0.15, -0.1) is 0 Å². The monoisotopic (exact) mass is 236 g/mol. The summed E-state index contributed by atoms with van der Waals surface area (Å²) in [7, 11) is 0. The summed E-state index contributed by atoms with van der Waals surface area (Å²) in [6.07, 6.45) is 1.65. The fourth-order valence-electron chi connectivity index (χ4n) is 1.84. The van der Waals surface area contributed by atoms with E-state index in [1.54, 1.807) is 18.2 Å². The van der Waals surface area contributed by atoms with Crippen LogP contribution in [0.1, 0.15) is 12.5 Å². The van der Waals surface area contributed by atoms with E-state index in [0.29, 0.717) is 22.3 Å². The molecule has 2 unspecified atom stereocenters.